The number of nitrogens with zero attached hydrogens (tertiary/aromatic N) is 3. The summed E-state index contributed by atoms with van der Waals surface area (Å²) in [7, 11) is 1.63. The number of carbonyl (C=O) groups is 2. The van der Waals surface area contributed by atoms with Gasteiger partial charge in [-0.15, -0.1) is 10.2 Å². The van der Waals surface area contributed by atoms with Crippen LogP contribution in [0.25, 0.3) is 11.4 Å². The molecule has 34 heavy (non-hydrogen) atoms. The van der Waals surface area contributed by atoms with Crippen LogP contribution in [0.1, 0.15) is 58.8 Å². The minimum Gasteiger partial charge on any atom is -0.497 e. The molecule has 1 aliphatic rings. The highest BCUT2D eigenvalue weighted by Crippen LogP contribution is 2.31. The van der Waals surface area contributed by atoms with Gasteiger partial charge < -0.3 is 14.5 Å². The maximum atomic E-state index is 13.3. The van der Waals surface area contributed by atoms with Crippen molar-refractivity contribution in [1.82, 2.24) is 19.7 Å². The number of nitrogens with one attached hydrogen (secondary N) is 1. The van der Waals surface area contributed by atoms with E-state index in [-0.39, 0.29) is 17.7 Å². The zero-order valence-corrected chi connectivity index (χ0v) is 21.0. The Morgan fingerprint density at radius 3 is 2.59 bits per heavy atom. The quantitative estimate of drug-likeness (QED) is 0.350. The predicted octanol–water partition coefficient (Wildman–Crippen LogP) is 4.64. The average Bonchev–Trinajstić information content (AvgIpc) is 3.54. The fraction of sp³-hybridized carbons (Fsp3) is 0.440. The lowest BCUT2D eigenvalue weighted by atomic mass is 10.0. The zero-order chi connectivity index (χ0) is 24.4. The van der Waals surface area contributed by atoms with E-state index in [1.165, 1.54) is 18.7 Å². The van der Waals surface area contributed by atoms with Crippen LogP contribution in [0.2, 0.25) is 0 Å². The minimum absolute atomic E-state index is 0.0500. The number of carbonyl (C=O) groups excluding carboxylic acids is 2. The first-order valence-corrected chi connectivity index (χ1v) is 12.3. The van der Waals surface area contributed by atoms with E-state index in [9.17, 15) is 9.59 Å². The molecule has 1 aliphatic heterocycles. The van der Waals surface area contributed by atoms with Crippen LogP contribution < -0.4 is 4.74 Å². The molecule has 0 aliphatic carbocycles. The van der Waals surface area contributed by atoms with Gasteiger partial charge in [-0.05, 0) is 70.4 Å². The number of Topliss-reactive ketones (excluding diaryl/α,β-unsaturated/α-hetero) is 2. The number of aromatic nitrogens is 4. The fourth-order valence-electron chi connectivity index (χ4n) is 4.43. The lowest BCUT2D eigenvalue weighted by molar-refractivity contribution is 0.0953. The summed E-state index contributed by atoms with van der Waals surface area (Å²) in [4.78, 5) is 28.4. The second kappa shape index (κ2) is 10.1. The van der Waals surface area contributed by atoms with Crippen LogP contribution in [0.5, 0.6) is 5.75 Å². The zero-order valence-electron chi connectivity index (χ0n) is 20.2. The van der Waals surface area contributed by atoms with Gasteiger partial charge in [-0.1, -0.05) is 11.8 Å². The number of thioether (sulfide) groups is 1. The Morgan fingerprint density at radius 2 is 2.00 bits per heavy atom. The standard InChI is InChI=1S/C25H30N4O4S/c1-14-21(16(3)30)15(2)26-22(14)23(31)17(4)34-25-28-27-24(18-8-10-19(32-5)11-9-18)29(25)13-20-7-6-12-33-20/h8-11,17,20,26H,6-7,12-13H2,1-5H3/t17-,20-/m1/s1. The number of ether oxygens (including phenoxy) is 2. The monoisotopic (exact) mass is 482 g/mol. The van der Waals surface area contributed by atoms with E-state index in [1.54, 1.807) is 7.11 Å². The first-order valence-electron chi connectivity index (χ1n) is 11.4. The molecule has 2 atom stereocenters. The number of ketones is 2. The van der Waals surface area contributed by atoms with Gasteiger partial charge in [-0.2, -0.15) is 0 Å². The van der Waals surface area contributed by atoms with Gasteiger partial charge in [0, 0.05) is 23.4 Å². The number of aromatic amines is 1. The molecule has 3 heterocycles. The van der Waals surface area contributed by atoms with E-state index in [4.69, 9.17) is 9.47 Å². The second-order valence-electron chi connectivity index (χ2n) is 8.59. The number of aryl methyl sites for hydroxylation is 1. The highest BCUT2D eigenvalue weighted by molar-refractivity contribution is 8.00. The van der Waals surface area contributed by atoms with E-state index >= 15 is 0 Å². The van der Waals surface area contributed by atoms with Gasteiger partial charge in [0.1, 0.15) is 5.75 Å². The molecule has 0 unspecified atom stereocenters. The Morgan fingerprint density at radius 1 is 1.26 bits per heavy atom. The summed E-state index contributed by atoms with van der Waals surface area (Å²) in [6.07, 6.45) is 2.10. The van der Waals surface area contributed by atoms with Crippen molar-refractivity contribution >= 4 is 23.3 Å². The molecule has 0 saturated carbocycles. The highest BCUT2D eigenvalue weighted by Gasteiger charge is 2.28. The molecule has 1 aromatic carbocycles. The molecule has 8 nitrogen and oxygen atoms in total. The number of H-pyrrole nitrogens is 1. The normalized spacial score (nSPS) is 16.6. The van der Waals surface area contributed by atoms with E-state index < -0.39 is 5.25 Å². The number of methoxy groups -OCH3 is 1. The molecule has 0 radical (unpaired) electrons. The average molecular weight is 483 g/mol. The van der Waals surface area contributed by atoms with Gasteiger partial charge >= 0.3 is 0 Å². The van der Waals surface area contributed by atoms with Crippen molar-refractivity contribution in [1.29, 1.82) is 0 Å². The van der Waals surface area contributed by atoms with Crippen molar-refractivity contribution < 1.29 is 19.1 Å². The van der Waals surface area contributed by atoms with Gasteiger partial charge in [-0.3, -0.25) is 14.2 Å². The van der Waals surface area contributed by atoms with Crippen molar-refractivity contribution in [2.45, 2.75) is 63.6 Å². The molecule has 0 spiro atoms. The molecule has 180 valence electrons. The van der Waals surface area contributed by atoms with Crippen molar-refractivity contribution in [3.05, 3.63) is 46.8 Å². The number of benzene rings is 1. The van der Waals surface area contributed by atoms with Crippen molar-refractivity contribution in [3.63, 3.8) is 0 Å². The minimum atomic E-state index is -0.423. The summed E-state index contributed by atoms with van der Waals surface area (Å²) in [5.74, 6) is 1.37. The van der Waals surface area contributed by atoms with Crippen molar-refractivity contribution in [2.24, 2.45) is 0 Å². The molecule has 0 bridgehead atoms. The summed E-state index contributed by atoms with van der Waals surface area (Å²) in [5, 5.41) is 9.14. The molecule has 3 aromatic rings. The van der Waals surface area contributed by atoms with Gasteiger partial charge in [0.05, 0.1) is 30.7 Å². The summed E-state index contributed by atoms with van der Waals surface area (Å²) in [5.41, 5.74) is 3.39. The Balaban J connectivity index is 1.63. The molecule has 1 N–H and O–H groups in total. The third-order valence-corrected chi connectivity index (χ3v) is 7.24. The van der Waals surface area contributed by atoms with Crippen LogP contribution in [-0.4, -0.2) is 56.4 Å². The summed E-state index contributed by atoms with van der Waals surface area (Å²) >= 11 is 1.37. The Bertz CT molecular complexity index is 1190. The van der Waals surface area contributed by atoms with E-state index in [2.05, 4.69) is 15.2 Å². The first-order chi connectivity index (χ1) is 16.3. The second-order valence-corrected chi connectivity index (χ2v) is 9.89. The van der Waals surface area contributed by atoms with Gasteiger partial charge in [0.25, 0.3) is 0 Å². The van der Waals surface area contributed by atoms with Gasteiger partial charge in [0.2, 0.25) is 0 Å². The number of hydrogen-bond donors (Lipinski definition) is 1. The smallest absolute Gasteiger partial charge is 0.192 e. The Hall–Kier alpha value is -2.91. The van der Waals surface area contributed by atoms with Crippen LogP contribution in [0, 0.1) is 13.8 Å². The summed E-state index contributed by atoms with van der Waals surface area (Å²) < 4.78 is 13.2. The molecule has 4 rings (SSSR count). The molecule has 0 amide bonds. The third kappa shape index (κ3) is 4.81. The maximum Gasteiger partial charge on any atom is 0.192 e. The SMILES string of the molecule is COc1ccc(-c2nnc(S[C@H](C)C(=O)c3[nH]c(C)c(C(C)=O)c3C)n2C[C@H]2CCCO2)cc1. The van der Waals surface area contributed by atoms with E-state index in [0.29, 0.717) is 34.2 Å². The molecule has 9 heteroatoms. The summed E-state index contributed by atoms with van der Waals surface area (Å²) in [6, 6.07) is 7.68. The molecular weight excluding hydrogens is 452 g/mol. The van der Waals surface area contributed by atoms with Gasteiger partial charge in [0.15, 0.2) is 22.5 Å². The largest absolute Gasteiger partial charge is 0.497 e. The lowest BCUT2D eigenvalue weighted by Crippen LogP contribution is -2.19. The lowest BCUT2D eigenvalue weighted by Gasteiger charge is -2.16. The molecule has 1 saturated heterocycles. The third-order valence-electron chi connectivity index (χ3n) is 6.16. The highest BCUT2D eigenvalue weighted by atomic mass is 32.2. The maximum absolute atomic E-state index is 13.3. The molecular formula is C25H30N4O4S. The van der Waals surface area contributed by atoms with Crippen LogP contribution in [0.4, 0.5) is 0 Å². The van der Waals surface area contributed by atoms with Crippen LogP contribution in [0.15, 0.2) is 29.4 Å². The number of rotatable bonds is 9. The molecule has 2 aromatic heterocycles. The van der Waals surface area contributed by atoms with Crippen molar-refractivity contribution in [3.8, 4) is 17.1 Å². The van der Waals surface area contributed by atoms with Crippen LogP contribution >= 0.6 is 11.8 Å². The van der Waals surface area contributed by atoms with E-state index in [0.717, 1.165) is 36.6 Å². The summed E-state index contributed by atoms with van der Waals surface area (Å²) in [6.45, 7) is 8.38. The predicted molar refractivity (Wildman–Crippen MR) is 131 cm³/mol. The fourth-order valence-corrected chi connectivity index (χ4v) is 5.34. The van der Waals surface area contributed by atoms with Crippen molar-refractivity contribution in [2.75, 3.05) is 13.7 Å². The Labute approximate surface area is 203 Å². The first kappa shape index (κ1) is 24.2. The van der Waals surface area contributed by atoms with Crippen LogP contribution in [-0.2, 0) is 11.3 Å². The van der Waals surface area contributed by atoms with E-state index in [1.807, 2.05) is 49.6 Å². The topological polar surface area (TPSA) is 99.1 Å². The number of hydrogen-bond acceptors (Lipinski definition) is 7. The van der Waals surface area contributed by atoms with Gasteiger partial charge in [-0.25, -0.2) is 0 Å². The molecule has 1 fully saturated rings. The Kier molecular flexibility index (Phi) is 7.23. The van der Waals surface area contributed by atoms with Crippen LogP contribution in [0.3, 0.4) is 0 Å².